The lowest BCUT2D eigenvalue weighted by Crippen LogP contribution is -2.28. The third kappa shape index (κ3) is 4.53. The fraction of sp³-hybridized carbons (Fsp3) is 0.227. The predicted octanol–water partition coefficient (Wildman–Crippen LogP) is 3.69. The van der Waals surface area contributed by atoms with Gasteiger partial charge in [0.15, 0.2) is 0 Å². The Balaban J connectivity index is 0.00000256. The number of nitrogens with zero attached hydrogens (tertiary/aromatic N) is 2. The Morgan fingerprint density at radius 2 is 2.07 bits per heavy atom. The molecule has 0 saturated carbocycles. The molecule has 3 aromatic rings. The highest BCUT2D eigenvalue weighted by molar-refractivity contribution is 5.93. The fourth-order valence-electron chi connectivity index (χ4n) is 3.27. The van der Waals surface area contributed by atoms with E-state index in [2.05, 4.69) is 21.4 Å². The normalized spacial score (nSPS) is 14.5. The molecule has 0 bridgehead atoms. The van der Waals surface area contributed by atoms with E-state index < -0.39 is 0 Å². The fourth-order valence-corrected chi connectivity index (χ4v) is 3.27. The van der Waals surface area contributed by atoms with Crippen molar-refractivity contribution in [2.24, 2.45) is 0 Å². The second kappa shape index (κ2) is 9.11. The van der Waals surface area contributed by atoms with E-state index in [0.29, 0.717) is 12.4 Å². The molecule has 30 heavy (non-hydrogen) atoms. The van der Waals surface area contributed by atoms with Gasteiger partial charge < -0.3 is 19.9 Å². The highest BCUT2D eigenvalue weighted by Crippen LogP contribution is 2.24. The molecule has 0 radical (unpaired) electrons. The van der Waals surface area contributed by atoms with Gasteiger partial charge in [0.25, 0.3) is 5.91 Å². The molecule has 0 aliphatic carbocycles. The number of amides is 2. The van der Waals surface area contributed by atoms with E-state index >= 15 is 0 Å². The van der Waals surface area contributed by atoms with Gasteiger partial charge in [-0.25, -0.2) is 4.98 Å². The van der Waals surface area contributed by atoms with Crippen LogP contribution >= 0.6 is 12.4 Å². The highest BCUT2D eigenvalue weighted by Gasteiger charge is 2.18. The van der Waals surface area contributed by atoms with Gasteiger partial charge in [-0.15, -0.1) is 12.4 Å². The molecule has 2 amide bonds. The first-order valence-electron chi connectivity index (χ1n) is 9.40. The summed E-state index contributed by atoms with van der Waals surface area (Å²) in [6.07, 6.45) is 4.87. The molecule has 1 aromatic carbocycles. The van der Waals surface area contributed by atoms with Crippen LogP contribution in [0.5, 0.6) is 0 Å². The number of para-hydroxylation sites is 1. The summed E-state index contributed by atoms with van der Waals surface area (Å²) in [4.78, 5) is 33.5. The van der Waals surface area contributed by atoms with Crippen molar-refractivity contribution >= 4 is 47.0 Å². The molecular weight excluding hydrogens is 404 g/mol. The van der Waals surface area contributed by atoms with Gasteiger partial charge in [-0.2, -0.15) is 0 Å². The zero-order valence-electron chi connectivity index (χ0n) is 16.7. The van der Waals surface area contributed by atoms with Gasteiger partial charge in [-0.05, 0) is 42.1 Å². The molecule has 0 spiro atoms. The van der Waals surface area contributed by atoms with Gasteiger partial charge in [-0.3, -0.25) is 9.59 Å². The number of halogens is 1. The van der Waals surface area contributed by atoms with Crippen molar-refractivity contribution in [1.82, 2.24) is 14.9 Å². The zero-order chi connectivity index (χ0) is 20.4. The van der Waals surface area contributed by atoms with Gasteiger partial charge in [0.05, 0.1) is 12.6 Å². The van der Waals surface area contributed by atoms with E-state index in [9.17, 15) is 9.59 Å². The Hall–Kier alpha value is -3.16. The van der Waals surface area contributed by atoms with Crippen LogP contribution in [0, 0.1) is 0 Å². The summed E-state index contributed by atoms with van der Waals surface area (Å²) < 4.78 is 5.30. The maximum absolute atomic E-state index is 12.7. The molecule has 1 unspecified atom stereocenters. The van der Waals surface area contributed by atoms with Crippen LogP contribution in [0.2, 0.25) is 0 Å². The largest absolute Gasteiger partial charge is 0.367 e. The van der Waals surface area contributed by atoms with Crippen LogP contribution in [0.25, 0.3) is 17.0 Å². The first-order chi connectivity index (χ1) is 14.0. The minimum Gasteiger partial charge on any atom is -0.367 e. The quantitative estimate of drug-likeness (QED) is 0.623. The Bertz CT molecular complexity index is 1080. The van der Waals surface area contributed by atoms with Crippen molar-refractivity contribution in [2.75, 3.05) is 19.0 Å². The van der Waals surface area contributed by atoms with Crippen LogP contribution in [0.15, 0.2) is 48.7 Å². The molecule has 3 heterocycles. The number of nitrogens with one attached hydrogen (secondary N) is 2. The number of pyridine rings is 1. The smallest absolute Gasteiger partial charge is 0.251 e. The van der Waals surface area contributed by atoms with Crippen molar-refractivity contribution in [2.45, 2.75) is 19.6 Å². The molecule has 7 nitrogen and oxygen atoms in total. The van der Waals surface area contributed by atoms with Crippen molar-refractivity contribution in [1.29, 1.82) is 0 Å². The van der Waals surface area contributed by atoms with E-state index in [1.807, 2.05) is 37.3 Å². The molecule has 1 aliphatic rings. The summed E-state index contributed by atoms with van der Waals surface area (Å²) in [6, 6.07) is 11.9. The van der Waals surface area contributed by atoms with Gasteiger partial charge in [0.2, 0.25) is 5.91 Å². The lowest BCUT2D eigenvalue weighted by Gasteiger charge is -2.22. The van der Waals surface area contributed by atoms with Gasteiger partial charge >= 0.3 is 0 Å². The number of hydrogen-bond acceptors (Lipinski definition) is 4. The van der Waals surface area contributed by atoms with Crippen molar-refractivity contribution in [3.8, 4) is 0 Å². The first-order valence-corrected chi connectivity index (χ1v) is 9.40. The second-order valence-corrected chi connectivity index (χ2v) is 7.09. The average Bonchev–Trinajstić information content (AvgIpc) is 3.07. The number of aromatic amines is 1. The number of hydrogen-bond donors (Lipinski definition) is 2. The summed E-state index contributed by atoms with van der Waals surface area (Å²) >= 11 is 0. The Morgan fingerprint density at radius 3 is 2.87 bits per heavy atom. The van der Waals surface area contributed by atoms with Crippen molar-refractivity contribution in [3.05, 3.63) is 65.5 Å². The number of H-pyrrole nitrogens is 1. The topological polar surface area (TPSA) is 87.3 Å². The SMILES string of the molecule is CC(c1cc2ccccc2[nH]1)N(C)C(=O)/C=C/c1cnc2c(c1)COCC(=O)N2.Cl. The van der Waals surface area contributed by atoms with Crippen LogP contribution in [0.1, 0.15) is 29.8 Å². The highest BCUT2D eigenvalue weighted by atomic mass is 35.5. The molecule has 2 N–H and O–H groups in total. The average molecular weight is 427 g/mol. The number of anilines is 1. The monoisotopic (exact) mass is 426 g/mol. The van der Waals surface area contributed by atoms with Crippen LogP contribution in [-0.4, -0.2) is 40.3 Å². The minimum absolute atomic E-state index is 0. The van der Waals surface area contributed by atoms with Crippen LogP contribution < -0.4 is 5.32 Å². The molecular formula is C22H23ClN4O3. The molecule has 4 rings (SSSR count). The third-order valence-electron chi connectivity index (χ3n) is 5.08. The second-order valence-electron chi connectivity index (χ2n) is 7.09. The molecule has 1 aliphatic heterocycles. The number of carbonyl (C=O) groups is 2. The summed E-state index contributed by atoms with van der Waals surface area (Å²) in [6.45, 7) is 2.30. The number of likely N-dealkylation sites (N-methyl/N-ethyl adjacent to an activating group) is 1. The first kappa shape index (κ1) is 21.5. The standard InChI is InChI=1S/C22H22N4O3.ClH/c1-14(19-10-16-5-3-4-6-18(16)24-19)26(2)21(28)8-7-15-9-17-12-29-13-20(27)25-22(17)23-11-15;/h3-11,14,24H,12-13H2,1-2H3,(H,23,25,27);1H/b8-7+;. The Kier molecular flexibility index (Phi) is 6.54. The number of aromatic nitrogens is 2. The van der Waals surface area contributed by atoms with E-state index in [1.54, 1.807) is 24.2 Å². The van der Waals surface area contributed by atoms with Gasteiger partial charge in [0, 0.05) is 36.1 Å². The van der Waals surface area contributed by atoms with Gasteiger partial charge in [-0.1, -0.05) is 18.2 Å². The molecule has 0 saturated heterocycles. The Labute approximate surface area is 180 Å². The molecule has 0 fully saturated rings. The maximum atomic E-state index is 12.7. The van der Waals surface area contributed by atoms with E-state index in [4.69, 9.17) is 4.74 Å². The number of fused-ring (bicyclic) bond motifs is 2. The summed E-state index contributed by atoms with van der Waals surface area (Å²) in [7, 11) is 1.78. The van der Waals surface area contributed by atoms with Crippen LogP contribution in [-0.2, 0) is 20.9 Å². The van der Waals surface area contributed by atoms with E-state index in [0.717, 1.165) is 27.7 Å². The summed E-state index contributed by atoms with van der Waals surface area (Å²) in [5.41, 5.74) is 3.58. The molecule has 8 heteroatoms. The number of carbonyl (C=O) groups excluding carboxylic acids is 2. The number of ether oxygens (including phenoxy) is 1. The van der Waals surface area contributed by atoms with Crippen LogP contribution in [0.4, 0.5) is 5.82 Å². The van der Waals surface area contributed by atoms with E-state index in [-0.39, 0.29) is 36.9 Å². The van der Waals surface area contributed by atoms with Crippen LogP contribution in [0.3, 0.4) is 0 Å². The third-order valence-corrected chi connectivity index (χ3v) is 5.08. The number of benzene rings is 1. The lowest BCUT2D eigenvalue weighted by molar-refractivity contribution is -0.126. The minimum atomic E-state index is -0.220. The van der Waals surface area contributed by atoms with E-state index in [1.165, 1.54) is 6.08 Å². The molecule has 156 valence electrons. The maximum Gasteiger partial charge on any atom is 0.251 e. The Morgan fingerprint density at radius 1 is 1.27 bits per heavy atom. The summed E-state index contributed by atoms with van der Waals surface area (Å²) in [5.74, 6) is 0.165. The van der Waals surface area contributed by atoms with Gasteiger partial charge in [0.1, 0.15) is 12.4 Å². The molecule has 1 atom stereocenters. The zero-order valence-corrected chi connectivity index (χ0v) is 17.5. The van der Waals surface area contributed by atoms with Crippen molar-refractivity contribution < 1.29 is 14.3 Å². The van der Waals surface area contributed by atoms with Crippen molar-refractivity contribution in [3.63, 3.8) is 0 Å². The number of rotatable bonds is 4. The molecule has 2 aromatic heterocycles. The lowest BCUT2D eigenvalue weighted by atomic mass is 10.1. The predicted molar refractivity (Wildman–Crippen MR) is 118 cm³/mol. The summed E-state index contributed by atoms with van der Waals surface area (Å²) in [5, 5.41) is 3.82.